The standard InChI is InChI=1S/C24H20N6O6S3/c1-2-7-36-29-17(16-12-39-24(27-16)26-13-31)20(32)28-18-21(33)30-19(23(34)35)15(11-38-22(18)30)10-37-8-5-14-4-3-6-25-9-14/h1,3-6,8-9,12-13,18,22H,7,10-11H2,(H,28,32)(H,34,35)(H,26,27,31)/t18?,22-/m0/s1. The molecule has 4 rings (SSSR count). The molecule has 0 aromatic carbocycles. The lowest BCUT2D eigenvalue weighted by Crippen LogP contribution is -2.71. The van der Waals surface area contributed by atoms with Crippen molar-refractivity contribution in [3.8, 4) is 12.3 Å². The van der Waals surface area contributed by atoms with Crippen LogP contribution in [0, 0.1) is 12.3 Å². The quantitative estimate of drug-likeness (QED) is 0.0834. The number of β-lactam (4-membered cyclic amide) rings is 1. The van der Waals surface area contributed by atoms with Crippen molar-refractivity contribution < 1.29 is 29.1 Å². The number of nitrogens with zero attached hydrogens (tertiary/aromatic N) is 4. The predicted molar refractivity (Wildman–Crippen MR) is 149 cm³/mol. The number of rotatable bonds is 12. The summed E-state index contributed by atoms with van der Waals surface area (Å²) in [4.78, 5) is 63.2. The summed E-state index contributed by atoms with van der Waals surface area (Å²) in [5.74, 6) is 0.429. The van der Waals surface area contributed by atoms with Crippen LogP contribution in [0.3, 0.4) is 0 Å². The number of carbonyl (C=O) groups excluding carboxylic acids is 3. The van der Waals surface area contributed by atoms with Gasteiger partial charge >= 0.3 is 5.97 Å². The summed E-state index contributed by atoms with van der Waals surface area (Å²) in [5, 5.41) is 21.6. The highest BCUT2D eigenvalue weighted by Crippen LogP contribution is 2.41. The minimum atomic E-state index is -1.21. The number of amides is 3. The van der Waals surface area contributed by atoms with Gasteiger partial charge in [-0.3, -0.25) is 24.3 Å². The predicted octanol–water partition coefficient (Wildman–Crippen LogP) is 1.60. The Hall–Kier alpha value is -4.13. The number of hydrogen-bond donors (Lipinski definition) is 3. The van der Waals surface area contributed by atoms with Gasteiger partial charge in [0.15, 0.2) is 17.5 Å². The third kappa shape index (κ3) is 6.48. The highest BCUT2D eigenvalue weighted by molar-refractivity contribution is 8.02. The number of thiazole rings is 1. The van der Waals surface area contributed by atoms with E-state index in [2.05, 4.69) is 31.7 Å². The normalized spacial score (nSPS) is 18.7. The van der Waals surface area contributed by atoms with Crippen LogP contribution >= 0.6 is 34.9 Å². The summed E-state index contributed by atoms with van der Waals surface area (Å²) in [7, 11) is 0. The summed E-state index contributed by atoms with van der Waals surface area (Å²) in [6.45, 7) is -0.208. The van der Waals surface area contributed by atoms with E-state index in [0.717, 1.165) is 16.9 Å². The van der Waals surface area contributed by atoms with E-state index in [0.29, 0.717) is 23.5 Å². The Morgan fingerprint density at radius 2 is 2.28 bits per heavy atom. The van der Waals surface area contributed by atoms with Gasteiger partial charge in [0, 0.05) is 29.3 Å². The number of aromatic nitrogens is 2. The van der Waals surface area contributed by atoms with Gasteiger partial charge in [0.1, 0.15) is 22.8 Å². The maximum absolute atomic E-state index is 13.1. The number of hydrogen-bond acceptors (Lipinski definition) is 11. The molecule has 2 aromatic heterocycles. The molecule has 0 saturated carbocycles. The second kappa shape index (κ2) is 13.1. The van der Waals surface area contributed by atoms with Gasteiger partial charge in [-0.1, -0.05) is 17.1 Å². The third-order valence-corrected chi connectivity index (χ3v) is 8.24. The van der Waals surface area contributed by atoms with E-state index >= 15 is 0 Å². The third-order valence-electron chi connectivity index (χ3n) is 5.28. The van der Waals surface area contributed by atoms with Crippen LogP contribution in [0.15, 0.2) is 51.7 Å². The molecule has 3 N–H and O–H groups in total. The minimum Gasteiger partial charge on any atom is -0.477 e. The molecule has 4 heterocycles. The molecule has 2 aliphatic heterocycles. The van der Waals surface area contributed by atoms with Crippen LogP contribution in [0.25, 0.3) is 6.08 Å². The number of fused-ring (bicyclic) bond motifs is 1. The number of oxime groups is 1. The Bertz CT molecular complexity index is 1400. The molecule has 2 aliphatic rings. The lowest BCUT2D eigenvalue weighted by molar-refractivity contribution is -0.150. The number of thioether (sulfide) groups is 2. The molecule has 39 heavy (non-hydrogen) atoms. The van der Waals surface area contributed by atoms with Crippen molar-refractivity contribution in [3.63, 3.8) is 0 Å². The molecule has 0 radical (unpaired) electrons. The first-order valence-corrected chi connectivity index (χ1v) is 14.1. The highest BCUT2D eigenvalue weighted by atomic mass is 32.2. The number of pyridine rings is 1. The van der Waals surface area contributed by atoms with Crippen molar-refractivity contribution in [1.82, 2.24) is 20.2 Å². The van der Waals surface area contributed by atoms with Crippen LogP contribution in [0.5, 0.6) is 0 Å². The molecule has 0 spiro atoms. The first-order chi connectivity index (χ1) is 18.9. The summed E-state index contributed by atoms with van der Waals surface area (Å²) in [5.41, 5.74) is 1.29. The molecule has 0 aliphatic carbocycles. The first kappa shape index (κ1) is 27.9. The second-order valence-electron chi connectivity index (χ2n) is 7.74. The number of carboxylic acid groups (broad SMARTS) is 1. The highest BCUT2D eigenvalue weighted by Gasteiger charge is 2.54. The van der Waals surface area contributed by atoms with E-state index in [1.54, 1.807) is 12.4 Å². The largest absolute Gasteiger partial charge is 0.477 e. The topological polar surface area (TPSA) is 163 Å². The first-order valence-electron chi connectivity index (χ1n) is 11.1. The summed E-state index contributed by atoms with van der Waals surface area (Å²) < 4.78 is 0. The van der Waals surface area contributed by atoms with Crippen LogP contribution < -0.4 is 10.6 Å². The Balaban J connectivity index is 1.45. The zero-order valence-electron chi connectivity index (χ0n) is 20.0. The van der Waals surface area contributed by atoms with Crippen LogP contribution in [0.1, 0.15) is 11.3 Å². The molecule has 12 nitrogen and oxygen atoms in total. The molecule has 15 heteroatoms. The number of terminal acetylenes is 1. The Kier molecular flexibility index (Phi) is 9.36. The molecule has 1 fully saturated rings. The summed E-state index contributed by atoms with van der Waals surface area (Å²) in [6, 6.07) is 2.73. The number of aliphatic carboxylic acids is 1. The summed E-state index contributed by atoms with van der Waals surface area (Å²) >= 11 is 3.81. The van der Waals surface area contributed by atoms with E-state index in [-0.39, 0.29) is 28.8 Å². The van der Waals surface area contributed by atoms with Gasteiger partial charge in [-0.15, -0.1) is 41.3 Å². The van der Waals surface area contributed by atoms with Gasteiger partial charge in [0.2, 0.25) is 6.41 Å². The Morgan fingerprint density at radius 3 is 3.00 bits per heavy atom. The molecular formula is C24H20N6O6S3. The van der Waals surface area contributed by atoms with Gasteiger partial charge in [0.05, 0.1) is 0 Å². The Labute approximate surface area is 235 Å². The van der Waals surface area contributed by atoms with E-state index < -0.39 is 29.2 Å². The maximum Gasteiger partial charge on any atom is 0.352 e. The lowest BCUT2D eigenvalue weighted by atomic mass is 10.0. The smallest absolute Gasteiger partial charge is 0.352 e. The monoisotopic (exact) mass is 584 g/mol. The van der Waals surface area contributed by atoms with Gasteiger partial charge in [-0.25, -0.2) is 9.78 Å². The van der Waals surface area contributed by atoms with Crippen molar-refractivity contribution in [2.45, 2.75) is 11.4 Å². The van der Waals surface area contributed by atoms with E-state index in [1.807, 2.05) is 23.6 Å². The van der Waals surface area contributed by atoms with Crippen molar-refractivity contribution in [3.05, 3.63) is 57.8 Å². The molecule has 2 aromatic rings. The fourth-order valence-electron chi connectivity index (χ4n) is 3.59. The van der Waals surface area contributed by atoms with E-state index in [1.165, 1.54) is 33.8 Å². The van der Waals surface area contributed by atoms with Crippen molar-refractivity contribution in [2.75, 3.05) is 23.4 Å². The zero-order valence-corrected chi connectivity index (χ0v) is 22.4. The molecule has 2 atom stereocenters. The molecular weight excluding hydrogens is 565 g/mol. The van der Waals surface area contributed by atoms with Gasteiger partial charge in [-0.2, -0.15) is 0 Å². The fourth-order valence-corrected chi connectivity index (χ4v) is 6.51. The van der Waals surface area contributed by atoms with Gasteiger partial charge in [-0.05, 0) is 28.7 Å². The van der Waals surface area contributed by atoms with Crippen LogP contribution in [0.2, 0.25) is 0 Å². The van der Waals surface area contributed by atoms with Crippen molar-refractivity contribution in [1.29, 1.82) is 0 Å². The number of nitrogens with one attached hydrogen (secondary N) is 2. The van der Waals surface area contributed by atoms with Gasteiger partial charge < -0.3 is 20.6 Å². The van der Waals surface area contributed by atoms with Crippen LogP contribution in [-0.4, -0.2) is 79.4 Å². The number of carboxylic acids is 1. The molecule has 200 valence electrons. The molecule has 3 amide bonds. The summed E-state index contributed by atoms with van der Waals surface area (Å²) in [6.07, 6.45) is 10.9. The van der Waals surface area contributed by atoms with Gasteiger partial charge in [0.25, 0.3) is 11.8 Å². The SMILES string of the molecule is C#CCON=C(C(=O)NC1C(=O)N2C(C(=O)O)=C(CSC=Cc3cccnc3)CS[C@@H]12)c1csc(NC=O)n1. The van der Waals surface area contributed by atoms with E-state index in [9.17, 15) is 24.3 Å². The number of anilines is 1. The molecule has 0 bridgehead atoms. The van der Waals surface area contributed by atoms with Crippen molar-refractivity contribution in [2.24, 2.45) is 5.16 Å². The molecule has 1 saturated heterocycles. The maximum atomic E-state index is 13.1. The molecule has 1 unspecified atom stereocenters. The second-order valence-corrected chi connectivity index (χ2v) is 10.6. The average molecular weight is 585 g/mol. The van der Waals surface area contributed by atoms with Crippen LogP contribution in [-0.2, 0) is 24.0 Å². The lowest BCUT2D eigenvalue weighted by Gasteiger charge is -2.49. The Morgan fingerprint density at radius 1 is 1.44 bits per heavy atom. The van der Waals surface area contributed by atoms with Crippen molar-refractivity contribution >= 4 is 76.0 Å². The van der Waals surface area contributed by atoms with E-state index in [4.69, 9.17) is 11.3 Å². The zero-order chi connectivity index (χ0) is 27.8. The minimum absolute atomic E-state index is 0.0770. The average Bonchev–Trinajstić information content (AvgIpc) is 3.40. The fraction of sp³-hybridized carbons (Fsp3) is 0.208. The van der Waals surface area contributed by atoms with Crippen LogP contribution in [0.4, 0.5) is 5.13 Å². The number of carbonyl (C=O) groups is 4.